The Bertz CT molecular complexity index is 805. The normalized spacial score (nSPS) is 24.4. The van der Waals surface area contributed by atoms with E-state index in [1.807, 2.05) is 13.0 Å². The summed E-state index contributed by atoms with van der Waals surface area (Å²) >= 11 is 3.63. The number of anilines is 1. The van der Waals surface area contributed by atoms with Gasteiger partial charge in [0, 0.05) is 33.8 Å². The first kappa shape index (κ1) is 16.9. The molecule has 2 aliphatic heterocycles. The molecule has 2 aromatic carbocycles. The van der Waals surface area contributed by atoms with Crippen LogP contribution < -0.4 is 10.1 Å². The summed E-state index contributed by atoms with van der Waals surface area (Å²) in [5, 5.41) is 3.83. The molecule has 0 spiro atoms. The molecule has 0 saturated carbocycles. The third-order valence-corrected chi connectivity index (χ3v) is 5.78. The maximum Gasteiger partial charge on any atom is 0.124 e. The number of benzene rings is 2. The molecule has 2 aliphatic rings. The Hall–Kier alpha value is -1.52. The van der Waals surface area contributed by atoms with E-state index < -0.39 is 0 Å². The molecule has 0 aliphatic carbocycles. The van der Waals surface area contributed by atoms with Gasteiger partial charge < -0.3 is 14.8 Å². The van der Waals surface area contributed by atoms with Crippen molar-refractivity contribution in [2.75, 3.05) is 18.5 Å². The Morgan fingerprint density at radius 1 is 1.20 bits per heavy atom. The zero-order chi connectivity index (χ0) is 17.6. The SMILES string of the molecule is CCOc1ccc(Br)cc1C1Nc2c(C)cc(C)cc2C2OCCC12. The smallest absolute Gasteiger partial charge is 0.124 e. The van der Waals surface area contributed by atoms with E-state index in [2.05, 4.69) is 59.4 Å². The predicted octanol–water partition coefficient (Wildman–Crippen LogP) is 5.71. The van der Waals surface area contributed by atoms with Crippen molar-refractivity contribution in [1.29, 1.82) is 0 Å². The van der Waals surface area contributed by atoms with Gasteiger partial charge in [0.1, 0.15) is 5.75 Å². The molecule has 1 saturated heterocycles. The van der Waals surface area contributed by atoms with Crippen LogP contribution in [0.5, 0.6) is 5.75 Å². The summed E-state index contributed by atoms with van der Waals surface area (Å²) in [5.74, 6) is 1.38. The fourth-order valence-corrected chi connectivity index (χ4v) is 4.69. The van der Waals surface area contributed by atoms with Crippen LogP contribution in [-0.2, 0) is 4.74 Å². The van der Waals surface area contributed by atoms with Crippen LogP contribution in [0.4, 0.5) is 5.69 Å². The Balaban J connectivity index is 1.83. The summed E-state index contributed by atoms with van der Waals surface area (Å²) < 4.78 is 13.2. The summed E-state index contributed by atoms with van der Waals surface area (Å²) in [6, 6.07) is 11.0. The largest absolute Gasteiger partial charge is 0.494 e. The highest BCUT2D eigenvalue weighted by Gasteiger charge is 2.42. The van der Waals surface area contributed by atoms with Gasteiger partial charge >= 0.3 is 0 Å². The van der Waals surface area contributed by atoms with Crippen molar-refractivity contribution in [3.8, 4) is 5.75 Å². The molecule has 1 N–H and O–H groups in total. The highest BCUT2D eigenvalue weighted by atomic mass is 79.9. The summed E-state index contributed by atoms with van der Waals surface area (Å²) in [6.07, 6.45) is 1.22. The molecule has 25 heavy (non-hydrogen) atoms. The van der Waals surface area contributed by atoms with Gasteiger partial charge in [-0.1, -0.05) is 33.6 Å². The van der Waals surface area contributed by atoms with Crippen LogP contribution in [-0.4, -0.2) is 13.2 Å². The van der Waals surface area contributed by atoms with E-state index in [-0.39, 0.29) is 12.1 Å². The highest BCUT2D eigenvalue weighted by molar-refractivity contribution is 9.10. The molecule has 2 heterocycles. The monoisotopic (exact) mass is 401 g/mol. The Morgan fingerprint density at radius 2 is 2.04 bits per heavy atom. The van der Waals surface area contributed by atoms with E-state index in [0.717, 1.165) is 23.2 Å². The van der Waals surface area contributed by atoms with Gasteiger partial charge in [-0.15, -0.1) is 0 Å². The van der Waals surface area contributed by atoms with E-state index in [1.165, 1.54) is 27.9 Å². The molecule has 0 amide bonds. The number of aryl methyl sites for hydroxylation is 2. The summed E-state index contributed by atoms with van der Waals surface area (Å²) in [5.41, 5.74) is 6.32. The van der Waals surface area contributed by atoms with Gasteiger partial charge in [-0.2, -0.15) is 0 Å². The van der Waals surface area contributed by atoms with Gasteiger partial charge in [0.2, 0.25) is 0 Å². The first-order valence-electron chi connectivity index (χ1n) is 9.00. The minimum atomic E-state index is 0.160. The standard InChI is InChI=1S/C21H24BrNO2/c1-4-24-18-6-5-14(22)11-16(18)20-15-7-8-25-21(15)17-10-12(2)9-13(3)19(17)23-20/h5-6,9-11,15,20-21,23H,4,7-8H2,1-3H3. The molecule has 0 aromatic heterocycles. The van der Waals surface area contributed by atoms with Crippen LogP contribution in [0.1, 0.15) is 47.7 Å². The summed E-state index contributed by atoms with van der Waals surface area (Å²) in [6.45, 7) is 7.85. The van der Waals surface area contributed by atoms with Crippen LogP contribution in [0.3, 0.4) is 0 Å². The first-order chi connectivity index (χ1) is 12.1. The zero-order valence-electron chi connectivity index (χ0n) is 14.9. The number of ether oxygens (including phenoxy) is 2. The molecular formula is C21H24BrNO2. The fraction of sp³-hybridized carbons (Fsp3) is 0.429. The Kier molecular flexibility index (Phi) is 4.50. The third-order valence-electron chi connectivity index (χ3n) is 5.29. The molecule has 4 heteroatoms. The average molecular weight is 402 g/mol. The van der Waals surface area contributed by atoms with Gasteiger partial charge in [0.25, 0.3) is 0 Å². The average Bonchev–Trinajstić information content (AvgIpc) is 3.06. The molecule has 3 nitrogen and oxygen atoms in total. The molecule has 2 aromatic rings. The van der Waals surface area contributed by atoms with Crippen molar-refractivity contribution in [2.45, 2.75) is 39.3 Å². The van der Waals surface area contributed by atoms with E-state index in [1.54, 1.807) is 0 Å². The predicted molar refractivity (Wildman–Crippen MR) is 104 cm³/mol. The van der Waals surface area contributed by atoms with Crippen molar-refractivity contribution < 1.29 is 9.47 Å². The van der Waals surface area contributed by atoms with Gasteiger partial charge in [0.05, 0.1) is 18.8 Å². The summed E-state index contributed by atoms with van der Waals surface area (Å²) in [7, 11) is 0. The lowest BCUT2D eigenvalue weighted by molar-refractivity contribution is 0.0825. The van der Waals surface area contributed by atoms with E-state index in [9.17, 15) is 0 Å². The molecule has 0 bridgehead atoms. The van der Waals surface area contributed by atoms with Crippen LogP contribution in [0.2, 0.25) is 0 Å². The minimum Gasteiger partial charge on any atom is -0.494 e. The van der Waals surface area contributed by atoms with Crippen molar-refractivity contribution >= 4 is 21.6 Å². The van der Waals surface area contributed by atoms with Crippen LogP contribution >= 0.6 is 15.9 Å². The van der Waals surface area contributed by atoms with Gasteiger partial charge in [-0.25, -0.2) is 0 Å². The first-order valence-corrected chi connectivity index (χ1v) is 9.79. The van der Waals surface area contributed by atoms with Crippen molar-refractivity contribution in [2.24, 2.45) is 5.92 Å². The number of rotatable bonds is 3. The maximum atomic E-state index is 6.18. The highest BCUT2D eigenvalue weighted by Crippen LogP contribution is 2.52. The molecular weight excluding hydrogens is 378 g/mol. The van der Waals surface area contributed by atoms with Crippen molar-refractivity contribution in [1.82, 2.24) is 0 Å². The second kappa shape index (κ2) is 6.65. The van der Waals surface area contributed by atoms with Crippen LogP contribution in [0.25, 0.3) is 0 Å². The van der Waals surface area contributed by atoms with E-state index in [0.29, 0.717) is 12.5 Å². The lowest BCUT2D eigenvalue weighted by Gasteiger charge is -2.38. The summed E-state index contributed by atoms with van der Waals surface area (Å²) in [4.78, 5) is 0. The second-order valence-electron chi connectivity index (χ2n) is 7.03. The molecule has 0 radical (unpaired) electrons. The van der Waals surface area contributed by atoms with Crippen LogP contribution in [0, 0.1) is 19.8 Å². The molecule has 1 fully saturated rings. The maximum absolute atomic E-state index is 6.18. The fourth-order valence-electron chi connectivity index (χ4n) is 4.31. The number of nitrogens with one attached hydrogen (secondary N) is 1. The van der Waals surface area contributed by atoms with Gasteiger partial charge in [-0.3, -0.25) is 0 Å². The second-order valence-corrected chi connectivity index (χ2v) is 7.94. The third kappa shape index (κ3) is 2.96. The number of hydrogen-bond donors (Lipinski definition) is 1. The lowest BCUT2D eigenvalue weighted by Crippen LogP contribution is -2.30. The lowest BCUT2D eigenvalue weighted by atomic mass is 9.79. The number of hydrogen-bond acceptors (Lipinski definition) is 3. The van der Waals surface area contributed by atoms with E-state index >= 15 is 0 Å². The molecule has 132 valence electrons. The topological polar surface area (TPSA) is 30.5 Å². The molecule has 4 rings (SSSR count). The quantitative estimate of drug-likeness (QED) is 0.714. The number of fused-ring (bicyclic) bond motifs is 3. The van der Waals surface area contributed by atoms with Crippen molar-refractivity contribution in [3.05, 3.63) is 57.1 Å². The molecule has 3 atom stereocenters. The minimum absolute atomic E-state index is 0.160. The van der Waals surface area contributed by atoms with Crippen molar-refractivity contribution in [3.63, 3.8) is 0 Å². The number of halogens is 1. The molecule has 3 unspecified atom stereocenters. The Labute approximate surface area is 157 Å². The van der Waals surface area contributed by atoms with Crippen LogP contribution in [0.15, 0.2) is 34.8 Å². The zero-order valence-corrected chi connectivity index (χ0v) is 16.5. The Morgan fingerprint density at radius 3 is 2.84 bits per heavy atom. The van der Waals surface area contributed by atoms with E-state index in [4.69, 9.17) is 9.47 Å². The van der Waals surface area contributed by atoms with Gasteiger partial charge in [0.15, 0.2) is 0 Å². The van der Waals surface area contributed by atoms with Gasteiger partial charge in [-0.05, 0) is 51.0 Å².